The van der Waals surface area contributed by atoms with Gasteiger partial charge in [0.25, 0.3) is 5.91 Å². The number of nitrogens with one attached hydrogen (secondary N) is 1. The Bertz CT molecular complexity index is 1050. The van der Waals surface area contributed by atoms with Crippen LogP contribution in [0.15, 0.2) is 76.8 Å². The molecule has 2 heterocycles. The van der Waals surface area contributed by atoms with Gasteiger partial charge in [0.1, 0.15) is 17.1 Å². The smallest absolute Gasteiger partial charge is 0.352 e. The summed E-state index contributed by atoms with van der Waals surface area (Å²) in [6.07, 6.45) is 0.357. The first-order chi connectivity index (χ1) is 15.5. The number of β-lactam (4-membered cyclic amide) rings is 1. The molecule has 3 atom stereocenters. The number of nitrogens with two attached hydrogens (primary N) is 1. The lowest BCUT2D eigenvalue weighted by molar-refractivity contribution is -0.150. The predicted octanol–water partition coefficient (Wildman–Crippen LogP) is 2.09. The van der Waals surface area contributed by atoms with E-state index in [4.69, 9.17) is 5.73 Å². The number of benzene rings is 2. The molecule has 166 valence electrons. The summed E-state index contributed by atoms with van der Waals surface area (Å²) >= 11 is 3.00. The van der Waals surface area contributed by atoms with Gasteiger partial charge >= 0.3 is 5.97 Å². The number of carboxylic acid groups (broad SMARTS) is 1. The number of aliphatic carboxylic acids is 1. The minimum Gasteiger partial charge on any atom is -0.477 e. The molecule has 7 nitrogen and oxygen atoms in total. The number of thioether (sulfide) groups is 2. The van der Waals surface area contributed by atoms with Crippen molar-refractivity contribution in [3.05, 3.63) is 77.5 Å². The van der Waals surface area contributed by atoms with Gasteiger partial charge in [-0.2, -0.15) is 0 Å². The largest absolute Gasteiger partial charge is 0.477 e. The average Bonchev–Trinajstić information content (AvgIpc) is 2.81. The van der Waals surface area contributed by atoms with Crippen molar-refractivity contribution in [2.24, 2.45) is 5.73 Å². The summed E-state index contributed by atoms with van der Waals surface area (Å²) in [6, 6.07) is 17.5. The van der Waals surface area contributed by atoms with Crippen LogP contribution in [0.2, 0.25) is 0 Å². The van der Waals surface area contributed by atoms with Crippen LogP contribution in [-0.4, -0.2) is 56.8 Å². The molecule has 0 bridgehead atoms. The lowest BCUT2D eigenvalue weighted by atomic mass is 10.0. The van der Waals surface area contributed by atoms with Gasteiger partial charge in [-0.3, -0.25) is 14.5 Å². The molecule has 0 aliphatic carbocycles. The van der Waals surface area contributed by atoms with Gasteiger partial charge in [0.15, 0.2) is 0 Å². The second-order valence-electron chi connectivity index (χ2n) is 7.55. The minimum atomic E-state index is -1.13. The van der Waals surface area contributed by atoms with Crippen molar-refractivity contribution >= 4 is 41.3 Å². The summed E-state index contributed by atoms with van der Waals surface area (Å²) in [5.74, 6) is -0.995. The van der Waals surface area contributed by atoms with Crippen LogP contribution < -0.4 is 11.1 Å². The van der Waals surface area contributed by atoms with Crippen LogP contribution in [0.3, 0.4) is 0 Å². The van der Waals surface area contributed by atoms with Crippen LogP contribution in [0.1, 0.15) is 5.56 Å². The third-order valence-corrected chi connectivity index (χ3v) is 7.78. The van der Waals surface area contributed by atoms with E-state index in [1.165, 1.54) is 28.4 Å². The van der Waals surface area contributed by atoms with Gasteiger partial charge in [-0.25, -0.2) is 4.79 Å². The summed E-state index contributed by atoms with van der Waals surface area (Å²) in [4.78, 5) is 39.7. The first kappa shape index (κ1) is 22.4. The Balaban J connectivity index is 1.41. The molecule has 32 heavy (non-hydrogen) atoms. The van der Waals surface area contributed by atoms with E-state index in [0.29, 0.717) is 23.5 Å². The van der Waals surface area contributed by atoms with E-state index in [1.807, 2.05) is 60.7 Å². The zero-order valence-corrected chi connectivity index (χ0v) is 18.8. The van der Waals surface area contributed by atoms with Crippen LogP contribution in [0.4, 0.5) is 0 Å². The highest BCUT2D eigenvalue weighted by Gasteiger charge is 2.54. The Kier molecular flexibility index (Phi) is 6.88. The minimum absolute atomic E-state index is 0.0289. The summed E-state index contributed by atoms with van der Waals surface area (Å²) in [6.45, 7) is 0. The van der Waals surface area contributed by atoms with Gasteiger partial charge in [0.2, 0.25) is 5.91 Å². The Hall–Kier alpha value is -2.75. The topological polar surface area (TPSA) is 113 Å². The van der Waals surface area contributed by atoms with Crippen LogP contribution in [-0.2, 0) is 20.8 Å². The lowest BCUT2D eigenvalue weighted by Gasteiger charge is -2.49. The molecule has 9 heteroatoms. The van der Waals surface area contributed by atoms with Crippen molar-refractivity contribution in [2.75, 3.05) is 11.5 Å². The molecule has 2 aromatic carbocycles. The first-order valence-electron chi connectivity index (χ1n) is 10.1. The van der Waals surface area contributed by atoms with Crippen LogP contribution >= 0.6 is 23.5 Å². The van der Waals surface area contributed by atoms with E-state index in [-0.39, 0.29) is 5.70 Å². The number of nitrogens with zero attached hydrogens (tertiary/aromatic N) is 1. The highest BCUT2D eigenvalue weighted by molar-refractivity contribution is 8.01. The zero-order chi connectivity index (χ0) is 22.7. The van der Waals surface area contributed by atoms with Crippen LogP contribution in [0, 0.1) is 0 Å². The fraction of sp³-hybridized carbons (Fsp3) is 0.261. The number of hydrogen-bond acceptors (Lipinski definition) is 6. The molecule has 4 rings (SSSR count). The van der Waals surface area contributed by atoms with E-state index in [9.17, 15) is 19.5 Å². The molecule has 1 fully saturated rings. The molecule has 2 aliphatic rings. The van der Waals surface area contributed by atoms with Crippen molar-refractivity contribution in [3.8, 4) is 0 Å². The summed E-state index contributed by atoms with van der Waals surface area (Å²) in [7, 11) is 0. The standard InChI is InChI=1S/C23H23N3O4S2/c24-17(11-14-7-3-1-4-8-14)20(27)25-18-21(28)26-19(23(29)30)15(13-32-22(18)26)12-31-16-9-5-2-6-10-16/h1-10,17-18,22H,11-13,24H2,(H,25,27)(H,29,30)/t17-,18+,22?/m0/s1. The number of fused-ring (bicyclic) bond motifs is 1. The van der Waals surface area contributed by atoms with Gasteiger partial charge in [-0.15, -0.1) is 23.5 Å². The van der Waals surface area contributed by atoms with Gasteiger partial charge in [-0.1, -0.05) is 48.5 Å². The molecule has 0 saturated carbocycles. The van der Waals surface area contributed by atoms with Crippen molar-refractivity contribution in [1.29, 1.82) is 0 Å². The Morgan fingerprint density at radius 2 is 1.81 bits per heavy atom. The van der Waals surface area contributed by atoms with Crippen LogP contribution in [0.25, 0.3) is 0 Å². The van der Waals surface area contributed by atoms with E-state index >= 15 is 0 Å². The molecule has 2 aliphatic heterocycles. The van der Waals surface area contributed by atoms with Gasteiger partial charge in [-0.05, 0) is 29.7 Å². The molecule has 4 N–H and O–H groups in total. The monoisotopic (exact) mass is 469 g/mol. The molecule has 2 amide bonds. The molecule has 0 aromatic heterocycles. The van der Waals surface area contributed by atoms with Crippen molar-refractivity contribution in [1.82, 2.24) is 10.2 Å². The first-order valence-corrected chi connectivity index (χ1v) is 12.2. The maximum atomic E-state index is 12.8. The van der Waals surface area contributed by atoms with Gasteiger partial charge in [0.05, 0.1) is 6.04 Å². The Morgan fingerprint density at radius 1 is 1.16 bits per heavy atom. The SMILES string of the molecule is N[C@@H](Cc1ccccc1)C(=O)N[C@@H]1C(=O)N2C(C(=O)O)=C(CSc3ccccc3)CSC12. The quantitative estimate of drug-likeness (QED) is 0.401. The van der Waals surface area contributed by atoms with E-state index < -0.39 is 35.2 Å². The predicted molar refractivity (Wildman–Crippen MR) is 125 cm³/mol. The summed E-state index contributed by atoms with van der Waals surface area (Å²) in [5.41, 5.74) is 7.69. The molecular formula is C23H23N3O4S2. The third-order valence-electron chi connectivity index (χ3n) is 5.34. The third kappa shape index (κ3) is 4.69. The summed E-state index contributed by atoms with van der Waals surface area (Å²) < 4.78 is 0. The number of carboxylic acids is 1. The van der Waals surface area contributed by atoms with Crippen molar-refractivity contribution in [3.63, 3.8) is 0 Å². The van der Waals surface area contributed by atoms with Gasteiger partial charge < -0.3 is 16.2 Å². The van der Waals surface area contributed by atoms with Crippen molar-refractivity contribution in [2.45, 2.75) is 28.8 Å². The van der Waals surface area contributed by atoms with E-state index in [1.54, 1.807) is 0 Å². The molecule has 0 spiro atoms. The second kappa shape index (κ2) is 9.81. The molecule has 1 saturated heterocycles. The second-order valence-corrected chi connectivity index (χ2v) is 9.71. The van der Waals surface area contributed by atoms with E-state index in [2.05, 4.69) is 5.32 Å². The highest BCUT2D eigenvalue weighted by Crippen LogP contribution is 2.41. The fourth-order valence-corrected chi connectivity index (χ4v) is 6.11. The summed E-state index contributed by atoms with van der Waals surface area (Å²) in [5, 5.41) is 12.1. The maximum absolute atomic E-state index is 12.8. The number of hydrogen-bond donors (Lipinski definition) is 3. The number of carbonyl (C=O) groups is 3. The molecule has 2 aromatic rings. The Labute approximate surface area is 194 Å². The van der Waals surface area contributed by atoms with Crippen LogP contribution in [0.5, 0.6) is 0 Å². The molecule has 1 unspecified atom stereocenters. The number of amides is 2. The van der Waals surface area contributed by atoms with Crippen molar-refractivity contribution < 1.29 is 19.5 Å². The van der Waals surface area contributed by atoms with Gasteiger partial charge in [0, 0.05) is 16.4 Å². The maximum Gasteiger partial charge on any atom is 0.352 e. The lowest BCUT2D eigenvalue weighted by Crippen LogP contribution is -2.71. The molecule has 0 radical (unpaired) electrons. The van der Waals surface area contributed by atoms with E-state index in [0.717, 1.165) is 10.5 Å². The fourth-order valence-electron chi connectivity index (χ4n) is 3.70. The highest BCUT2D eigenvalue weighted by atomic mass is 32.2. The number of rotatable bonds is 8. The number of carbonyl (C=O) groups excluding carboxylic acids is 2. The average molecular weight is 470 g/mol. The molecular weight excluding hydrogens is 446 g/mol. The normalized spacial score (nSPS) is 20.9. The Morgan fingerprint density at radius 3 is 2.47 bits per heavy atom. The zero-order valence-electron chi connectivity index (χ0n) is 17.1.